The van der Waals surface area contributed by atoms with Crippen molar-refractivity contribution >= 4 is 29.1 Å². The second-order valence-corrected chi connectivity index (χ2v) is 6.84. The number of benzene rings is 2. The van der Waals surface area contributed by atoms with Gasteiger partial charge in [-0.05, 0) is 48.9 Å². The van der Waals surface area contributed by atoms with Gasteiger partial charge in [0.15, 0.2) is 11.7 Å². The van der Waals surface area contributed by atoms with Crippen LogP contribution in [0, 0.1) is 0 Å². The smallest absolute Gasteiger partial charge is 0.220 e. The fourth-order valence-electron chi connectivity index (χ4n) is 2.57. The van der Waals surface area contributed by atoms with Gasteiger partial charge in [0.25, 0.3) is 0 Å². The van der Waals surface area contributed by atoms with Crippen molar-refractivity contribution in [3.63, 3.8) is 0 Å². The van der Waals surface area contributed by atoms with E-state index in [1.165, 1.54) is 0 Å². The molecule has 0 saturated carbocycles. The molecule has 1 atom stereocenters. The van der Waals surface area contributed by atoms with Crippen LogP contribution in [0.3, 0.4) is 0 Å². The zero-order chi connectivity index (χ0) is 18.5. The molecule has 1 aromatic heterocycles. The van der Waals surface area contributed by atoms with E-state index >= 15 is 0 Å². The molecule has 134 valence electrons. The number of rotatable bonds is 6. The van der Waals surface area contributed by atoms with Crippen LogP contribution in [-0.2, 0) is 11.2 Å². The van der Waals surface area contributed by atoms with Gasteiger partial charge in [0.1, 0.15) is 0 Å². The Balaban J connectivity index is 1.54. The molecule has 0 saturated heterocycles. The number of nitrogens with zero attached hydrogens (tertiary/aromatic N) is 1. The second-order valence-electron chi connectivity index (χ2n) is 5.97. The summed E-state index contributed by atoms with van der Waals surface area (Å²) in [5.74, 6) is 1.12. The van der Waals surface area contributed by atoms with Gasteiger partial charge in [-0.15, -0.1) is 0 Å². The molecule has 3 aromatic rings. The Bertz CT molecular complexity index is 891. The Morgan fingerprint density at radius 1 is 1.15 bits per heavy atom. The van der Waals surface area contributed by atoms with E-state index in [1.54, 1.807) is 24.4 Å². The standard InChI is InChI=1S/C20H18Cl2N2O2/c1-13(15-3-2-4-17(22)11-15)24-19(25)9-10-20-23-12-18(26-20)14-5-7-16(21)8-6-14/h2-8,11-13H,9-10H2,1H3,(H,24,25). The first-order valence-electron chi connectivity index (χ1n) is 8.27. The molecule has 6 heteroatoms. The summed E-state index contributed by atoms with van der Waals surface area (Å²) < 4.78 is 5.71. The van der Waals surface area contributed by atoms with Crippen LogP contribution in [0.1, 0.15) is 30.8 Å². The molecular formula is C20H18Cl2N2O2. The molecule has 1 heterocycles. The molecule has 1 amide bonds. The van der Waals surface area contributed by atoms with Crippen LogP contribution < -0.4 is 5.32 Å². The van der Waals surface area contributed by atoms with Crippen molar-refractivity contribution in [1.29, 1.82) is 0 Å². The highest BCUT2D eigenvalue weighted by molar-refractivity contribution is 6.30. The van der Waals surface area contributed by atoms with Gasteiger partial charge in [-0.25, -0.2) is 4.98 Å². The number of hydrogen-bond acceptors (Lipinski definition) is 3. The van der Waals surface area contributed by atoms with Gasteiger partial charge in [-0.2, -0.15) is 0 Å². The molecule has 0 fully saturated rings. The molecule has 0 bridgehead atoms. The Labute approximate surface area is 162 Å². The van der Waals surface area contributed by atoms with E-state index in [4.69, 9.17) is 27.6 Å². The predicted octanol–water partition coefficient (Wildman–Crippen LogP) is 5.46. The van der Waals surface area contributed by atoms with Crippen LogP contribution >= 0.6 is 23.2 Å². The minimum absolute atomic E-state index is 0.0660. The summed E-state index contributed by atoms with van der Waals surface area (Å²) in [6, 6.07) is 14.7. The molecule has 4 nitrogen and oxygen atoms in total. The highest BCUT2D eigenvalue weighted by Crippen LogP contribution is 2.23. The predicted molar refractivity (Wildman–Crippen MR) is 103 cm³/mol. The van der Waals surface area contributed by atoms with E-state index in [0.717, 1.165) is 11.1 Å². The first-order chi connectivity index (χ1) is 12.5. The first-order valence-corrected chi connectivity index (χ1v) is 9.02. The molecule has 0 aliphatic carbocycles. The number of hydrogen-bond donors (Lipinski definition) is 1. The van der Waals surface area contributed by atoms with Gasteiger partial charge in [-0.1, -0.05) is 35.3 Å². The molecule has 0 aliphatic heterocycles. The van der Waals surface area contributed by atoms with Gasteiger partial charge in [0.2, 0.25) is 5.91 Å². The molecular weight excluding hydrogens is 371 g/mol. The summed E-state index contributed by atoms with van der Waals surface area (Å²) >= 11 is 11.9. The molecule has 2 aromatic carbocycles. The van der Waals surface area contributed by atoms with Gasteiger partial charge in [0.05, 0.1) is 12.2 Å². The molecule has 1 N–H and O–H groups in total. The third-order valence-electron chi connectivity index (χ3n) is 3.97. The third-order valence-corrected chi connectivity index (χ3v) is 4.46. The number of aromatic nitrogens is 1. The van der Waals surface area contributed by atoms with Gasteiger partial charge < -0.3 is 9.73 Å². The van der Waals surface area contributed by atoms with E-state index in [2.05, 4.69) is 10.3 Å². The SMILES string of the molecule is CC(NC(=O)CCc1ncc(-c2ccc(Cl)cc2)o1)c1cccc(Cl)c1. The zero-order valence-electron chi connectivity index (χ0n) is 14.2. The van der Waals surface area contributed by atoms with Crippen LogP contribution in [0.2, 0.25) is 10.0 Å². The lowest BCUT2D eigenvalue weighted by Gasteiger charge is -2.14. The average molecular weight is 389 g/mol. The topological polar surface area (TPSA) is 55.1 Å². The van der Waals surface area contributed by atoms with Crippen molar-refractivity contribution in [1.82, 2.24) is 10.3 Å². The summed E-state index contributed by atoms with van der Waals surface area (Å²) in [5.41, 5.74) is 1.86. The largest absolute Gasteiger partial charge is 0.441 e. The highest BCUT2D eigenvalue weighted by Gasteiger charge is 2.12. The number of aryl methyl sites for hydroxylation is 1. The number of oxazole rings is 1. The number of carbonyl (C=O) groups is 1. The fraction of sp³-hybridized carbons (Fsp3) is 0.200. The fourth-order valence-corrected chi connectivity index (χ4v) is 2.89. The van der Waals surface area contributed by atoms with Crippen molar-refractivity contribution in [3.05, 3.63) is 76.2 Å². The monoisotopic (exact) mass is 388 g/mol. The maximum Gasteiger partial charge on any atom is 0.220 e. The van der Waals surface area contributed by atoms with Gasteiger partial charge in [-0.3, -0.25) is 4.79 Å². The van der Waals surface area contributed by atoms with Gasteiger partial charge >= 0.3 is 0 Å². The maximum atomic E-state index is 12.2. The lowest BCUT2D eigenvalue weighted by molar-refractivity contribution is -0.121. The van der Waals surface area contributed by atoms with Crippen LogP contribution in [0.4, 0.5) is 0 Å². The third kappa shape index (κ3) is 4.87. The van der Waals surface area contributed by atoms with Crippen molar-refractivity contribution in [3.8, 4) is 11.3 Å². The number of nitrogens with one attached hydrogen (secondary N) is 1. The molecule has 0 spiro atoms. The molecule has 1 unspecified atom stereocenters. The normalized spacial score (nSPS) is 12.0. The molecule has 0 aliphatic rings. The van der Waals surface area contributed by atoms with Gasteiger partial charge in [0, 0.05) is 28.5 Å². The van der Waals surface area contributed by atoms with Crippen molar-refractivity contribution in [2.75, 3.05) is 0 Å². The molecule has 0 radical (unpaired) electrons. The van der Waals surface area contributed by atoms with Crippen LogP contribution in [0.15, 0.2) is 59.1 Å². The minimum Gasteiger partial charge on any atom is -0.441 e. The quantitative estimate of drug-likeness (QED) is 0.609. The van der Waals surface area contributed by atoms with Crippen molar-refractivity contribution < 1.29 is 9.21 Å². The lowest BCUT2D eigenvalue weighted by atomic mass is 10.1. The van der Waals surface area contributed by atoms with Crippen LogP contribution in [0.5, 0.6) is 0 Å². The zero-order valence-corrected chi connectivity index (χ0v) is 15.7. The van der Waals surface area contributed by atoms with E-state index in [-0.39, 0.29) is 11.9 Å². The van der Waals surface area contributed by atoms with Crippen molar-refractivity contribution in [2.45, 2.75) is 25.8 Å². The van der Waals surface area contributed by atoms with E-state index in [0.29, 0.717) is 34.5 Å². The number of amides is 1. The highest BCUT2D eigenvalue weighted by atomic mass is 35.5. The molecule has 26 heavy (non-hydrogen) atoms. The Morgan fingerprint density at radius 3 is 2.65 bits per heavy atom. The summed E-state index contributed by atoms with van der Waals surface area (Å²) in [6.45, 7) is 1.92. The average Bonchev–Trinajstić information content (AvgIpc) is 3.09. The Hall–Kier alpha value is -2.30. The summed E-state index contributed by atoms with van der Waals surface area (Å²) in [4.78, 5) is 16.4. The van der Waals surface area contributed by atoms with E-state index < -0.39 is 0 Å². The second kappa shape index (κ2) is 8.39. The first kappa shape index (κ1) is 18.5. The summed E-state index contributed by atoms with van der Waals surface area (Å²) in [6.07, 6.45) is 2.39. The maximum absolute atomic E-state index is 12.2. The summed E-state index contributed by atoms with van der Waals surface area (Å²) in [7, 11) is 0. The molecule has 3 rings (SSSR count). The number of halogens is 2. The minimum atomic E-state index is -0.115. The Morgan fingerprint density at radius 2 is 1.92 bits per heavy atom. The number of carbonyl (C=O) groups excluding carboxylic acids is 1. The summed E-state index contributed by atoms with van der Waals surface area (Å²) in [5, 5.41) is 4.27. The van der Waals surface area contributed by atoms with Crippen LogP contribution in [-0.4, -0.2) is 10.9 Å². The van der Waals surface area contributed by atoms with Crippen LogP contribution in [0.25, 0.3) is 11.3 Å². The van der Waals surface area contributed by atoms with E-state index in [9.17, 15) is 4.79 Å². The Kier molecular flexibility index (Phi) is 5.96. The van der Waals surface area contributed by atoms with Crippen molar-refractivity contribution in [2.24, 2.45) is 0 Å². The van der Waals surface area contributed by atoms with E-state index in [1.807, 2.05) is 37.3 Å². The lowest BCUT2D eigenvalue weighted by Crippen LogP contribution is -2.26.